The molecule has 1 fully saturated rings. The molecule has 146 valence electrons. The Hall–Kier alpha value is -2.34. The summed E-state index contributed by atoms with van der Waals surface area (Å²) < 4.78 is 28.0. The number of carbonyl (C=O) groups excluding carboxylic acids is 1. The van der Waals surface area contributed by atoms with Crippen LogP contribution in [0.5, 0.6) is 0 Å². The molecule has 0 spiro atoms. The third-order valence-corrected chi connectivity index (χ3v) is 6.07. The lowest BCUT2D eigenvalue weighted by atomic mass is 10.1. The number of furan rings is 1. The van der Waals surface area contributed by atoms with Crippen molar-refractivity contribution in [2.45, 2.75) is 12.2 Å². The van der Waals surface area contributed by atoms with Crippen molar-refractivity contribution in [1.82, 2.24) is 4.90 Å². The van der Waals surface area contributed by atoms with Gasteiger partial charge in [0.15, 0.2) is 0 Å². The zero-order valence-corrected chi connectivity index (χ0v) is 16.8. The molecule has 1 aliphatic rings. The number of rotatable bonds is 6. The van der Waals surface area contributed by atoms with E-state index >= 15 is 0 Å². The molecular weight excluding hydrogens is 424 g/mol. The normalized spacial score (nSPS) is 17.9. The van der Waals surface area contributed by atoms with Gasteiger partial charge in [-0.1, -0.05) is 54.1 Å². The Morgan fingerprint density at radius 2 is 2.14 bits per heavy atom. The van der Waals surface area contributed by atoms with Crippen LogP contribution in [0.1, 0.15) is 12.7 Å². The fraction of sp³-hybridized carbons (Fsp3) is 0.176. The first-order chi connectivity index (χ1) is 13.3. The molecule has 2 aromatic rings. The van der Waals surface area contributed by atoms with Gasteiger partial charge in [0, 0.05) is 35.6 Å². The van der Waals surface area contributed by atoms with Gasteiger partial charge < -0.3 is 8.97 Å². The fourth-order valence-corrected chi connectivity index (χ4v) is 3.99. The molecule has 1 aromatic carbocycles. The van der Waals surface area contributed by atoms with Crippen molar-refractivity contribution in [2.24, 2.45) is 0 Å². The minimum Gasteiger partial charge on any atom is -0.772 e. The molecule has 28 heavy (non-hydrogen) atoms. The molecule has 3 rings (SSSR count). The van der Waals surface area contributed by atoms with E-state index in [1.807, 2.05) is 0 Å². The number of nitro groups is 1. The topological polar surface area (TPSA) is 117 Å². The smallest absolute Gasteiger partial charge is 0.270 e. The molecule has 0 bridgehead atoms. The molecule has 0 aliphatic carbocycles. The molecule has 0 N–H and O–H groups in total. The van der Waals surface area contributed by atoms with Gasteiger partial charge in [0.1, 0.15) is 15.8 Å². The van der Waals surface area contributed by atoms with Gasteiger partial charge in [-0.05, 0) is 12.1 Å². The van der Waals surface area contributed by atoms with Crippen LogP contribution in [0.15, 0.2) is 45.7 Å². The lowest BCUT2D eigenvalue weighted by molar-refractivity contribution is -0.384. The number of thioether (sulfide) groups is 1. The van der Waals surface area contributed by atoms with E-state index in [1.165, 1.54) is 30.0 Å². The number of nitrogens with zero attached hydrogens (tertiary/aromatic N) is 2. The van der Waals surface area contributed by atoms with Crippen LogP contribution >= 0.6 is 24.0 Å². The van der Waals surface area contributed by atoms with Crippen molar-refractivity contribution in [2.75, 3.05) is 6.54 Å². The van der Waals surface area contributed by atoms with E-state index in [-0.39, 0.29) is 22.5 Å². The van der Waals surface area contributed by atoms with Crippen LogP contribution in [-0.4, -0.2) is 40.6 Å². The number of nitro benzene ring substituents is 1. The molecule has 2 atom stereocenters. The maximum atomic E-state index is 12.5. The van der Waals surface area contributed by atoms with Gasteiger partial charge in [0.2, 0.25) is 0 Å². The highest BCUT2D eigenvalue weighted by Crippen LogP contribution is 2.34. The fourth-order valence-electron chi connectivity index (χ4n) is 2.46. The van der Waals surface area contributed by atoms with Crippen molar-refractivity contribution in [1.29, 1.82) is 0 Å². The van der Waals surface area contributed by atoms with Crippen LogP contribution in [-0.2, 0) is 15.9 Å². The molecule has 2 heterocycles. The summed E-state index contributed by atoms with van der Waals surface area (Å²) in [6.45, 7) is 1.47. The van der Waals surface area contributed by atoms with Crippen LogP contribution in [0.3, 0.4) is 0 Å². The molecular formula is C17H13N2O6S3-. The Labute approximate surface area is 172 Å². The molecule has 8 nitrogen and oxygen atoms in total. The summed E-state index contributed by atoms with van der Waals surface area (Å²) in [6.07, 6.45) is 1.51. The van der Waals surface area contributed by atoms with Crippen LogP contribution < -0.4 is 0 Å². The maximum Gasteiger partial charge on any atom is 0.270 e. The Kier molecular flexibility index (Phi) is 6.08. The third-order valence-electron chi connectivity index (χ3n) is 3.88. The van der Waals surface area contributed by atoms with E-state index in [4.69, 9.17) is 16.6 Å². The number of benzene rings is 1. The standard InChI is InChI=1S/C17H14N2O6S3/c1-10(28(23)24)9-18-16(20)15(27-17(18)26)8-13-5-6-14(25-13)11-3-2-4-12(7-11)19(21)22/h2-8,10H,9H2,1H3,(H,23,24)/p-1. The number of non-ortho nitro benzene ring substituents is 1. The van der Waals surface area contributed by atoms with Gasteiger partial charge in [0.05, 0.1) is 9.83 Å². The molecule has 1 saturated heterocycles. The Balaban J connectivity index is 1.81. The zero-order chi connectivity index (χ0) is 20.4. The van der Waals surface area contributed by atoms with Crippen molar-refractivity contribution >= 4 is 57.1 Å². The predicted octanol–water partition coefficient (Wildman–Crippen LogP) is 3.32. The lowest BCUT2D eigenvalue weighted by Crippen LogP contribution is -2.36. The molecule has 2 unspecified atom stereocenters. The first-order valence-corrected chi connectivity index (χ1v) is 10.3. The Bertz CT molecular complexity index is 1020. The van der Waals surface area contributed by atoms with Crippen LogP contribution in [0.4, 0.5) is 5.69 Å². The summed E-state index contributed by atoms with van der Waals surface area (Å²) >= 11 is 3.92. The van der Waals surface area contributed by atoms with Gasteiger partial charge in [-0.15, -0.1) is 0 Å². The summed E-state index contributed by atoms with van der Waals surface area (Å²) in [5, 5.41) is 10.2. The van der Waals surface area contributed by atoms with Gasteiger partial charge in [0.25, 0.3) is 11.6 Å². The SMILES string of the molecule is CC(CN1C(=O)C(=Cc2ccc(-c3cccc([N+](=O)[O-])c3)o2)SC1=S)S(=O)[O-]. The summed E-state index contributed by atoms with van der Waals surface area (Å²) in [5.41, 5.74) is 0.481. The third kappa shape index (κ3) is 4.38. The number of thiocarbonyl (C=S) groups is 1. The molecule has 1 aliphatic heterocycles. The van der Waals surface area contributed by atoms with Crippen molar-refractivity contribution in [3.8, 4) is 11.3 Å². The van der Waals surface area contributed by atoms with Crippen molar-refractivity contribution in [3.05, 3.63) is 57.2 Å². The van der Waals surface area contributed by atoms with E-state index in [2.05, 4.69) is 0 Å². The van der Waals surface area contributed by atoms with Crippen molar-refractivity contribution in [3.63, 3.8) is 0 Å². The monoisotopic (exact) mass is 437 g/mol. The number of hydrogen-bond donors (Lipinski definition) is 0. The molecule has 0 radical (unpaired) electrons. The largest absolute Gasteiger partial charge is 0.772 e. The molecule has 1 aromatic heterocycles. The van der Waals surface area contributed by atoms with E-state index in [0.29, 0.717) is 22.0 Å². The van der Waals surface area contributed by atoms with E-state index < -0.39 is 21.3 Å². The maximum absolute atomic E-state index is 12.5. The minimum atomic E-state index is -2.31. The number of amides is 1. The van der Waals surface area contributed by atoms with E-state index in [0.717, 1.165) is 11.8 Å². The lowest BCUT2D eigenvalue weighted by Gasteiger charge is -2.21. The highest BCUT2D eigenvalue weighted by Gasteiger charge is 2.33. The van der Waals surface area contributed by atoms with Gasteiger partial charge >= 0.3 is 0 Å². The zero-order valence-electron chi connectivity index (χ0n) is 14.4. The molecule has 11 heteroatoms. The predicted molar refractivity (Wildman–Crippen MR) is 109 cm³/mol. The van der Waals surface area contributed by atoms with Gasteiger partial charge in [-0.3, -0.25) is 24.0 Å². The Morgan fingerprint density at radius 3 is 2.82 bits per heavy atom. The van der Waals surface area contributed by atoms with Crippen LogP contribution in [0, 0.1) is 10.1 Å². The molecule has 0 saturated carbocycles. The van der Waals surface area contributed by atoms with Crippen molar-refractivity contribution < 1.29 is 22.9 Å². The van der Waals surface area contributed by atoms with Crippen LogP contribution in [0.2, 0.25) is 0 Å². The summed E-state index contributed by atoms with van der Waals surface area (Å²) in [5.74, 6) is 0.406. The first kappa shape index (κ1) is 20.4. The van der Waals surface area contributed by atoms with E-state index in [1.54, 1.807) is 24.3 Å². The number of hydrogen-bond acceptors (Lipinski definition) is 8. The summed E-state index contributed by atoms with van der Waals surface area (Å²) in [6, 6.07) is 9.30. The summed E-state index contributed by atoms with van der Waals surface area (Å²) in [4.78, 5) is 24.5. The average molecular weight is 438 g/mol. The second-order valence-corrected chi connectivity index (χ2v) is 8.87. The molecule has 1 amide bonds. The highest BCUT2D eigenvalue weighted by atomic mass is 32.2. The van der Waals surface area contributed by atoms with E-state index in [9.17, 15) is 23.7 Å². The van der Waals surface area contributed by atoms with Crippen LogP contribution in [0.25, 0.3) is 17.4 Å². The summed E-state index contributed by atoms with van der Waals surface area (Å²) in [7, 11) is 0. The minimum absolute atomic E-state index is 0.0186. The average Bonchev–Trinajstić information content (AvgIpc) is 3.22. The van der Waals surface area contributed by atoms with Gasteiger partial charge in [-0.2, -0.15) is 0 Å². The second kappa shape index (κ2) is 8.35. The van der Waals surface area contributed by atoms with Gasteiger partial charge in [-0.25, -0.2) is 0 Å². The Morgan fingerprint density at radius 1 is 1.39 bits per heavy atom. The quantitative estimate of drug-likeness (QED) is 0.222. The number of carbonyl (C=O) groups is 1. The highest BCUT2D eigenvalue weighted by molar-refractivity contribution is 8.26. The second-order valence-electron chi connectivity index (χ2n) is 5.87. The first-order valence-electron chi connectivity index (χ1n) is 7.94.